The Morgan fingerprint density at radius 1 is 0.870 bits per heavy atom. The molecule has 128 valence electrons. The molecule has 0 N–H and O–H groups in total. The minimum absolute atomic E-state index is 0.160. The normalized spacial score (nSPS) is 56.0. The monoisotopic (exact) mass is 460 g/mol. The lowest BCUT2D eigenvalue weighted by atomic mass is 9.31. The third-order valence-corrected chi connectivity index (χ3v) is 10.7. The third kappa shape index (κ3) is 1.18. The van der Waals surface area contributed by atoms with E-state index >= 15 is 0 Å². The molecule has 0 radical (unpaired) electrons. The van der Waals surface area contributed by atoms with Crippen LogP contribution in [-0.4, -0.2) is 55.4 Å². The molecule has 0 aromatic heterocycles. The van der Waals surface area contributed by atoms with E-state index in [9.17, 15) is 9.59 Å². The van der Waals surface area contributed by atoms with E-state index in [-0.39, 0.29) is 5.03 Å². The summed E-state index contributed by atoms with van der Waals surface area (Å²) in [6.07, 6.45) is 1.17. The summed E-state index contributed by atoms with van der Waals surface area (Å²) >= 11 is 45.2. The van der Waals surface area contributed by atoms with Gasteiger partial charge in [0.05, 0.1) is 14.2 Å². The lowest BCUT2D eigenvalue weighted by Crippen LogP contribution is -3.11. The Balaban J connectivity index is 2.37. The Hall–Kier alpha value is 0.710. The van der Waals surface area contributed by atoms with Gasteiger partial charge in [-0.25, -0.2) is 0 Å². The molecule has 4 aliphatic rings. The molecule has 23 heavy (non-hydrogen) atoms. The minimum atomic E-state index is -2.14. The van der Waals surface area contributed by atoms with Crippen molar-refractivity contribution in [1.82, 2.24) is 0 Å². The van der Waals surface area contributed by atoms with Crippen LogP contribution in [0.15, 0.2) is 11.1 Å². The molecule has 0 aliphatic heterocycles. The maximum Gasteiger partial charge on any atom is 0.331 e. The molecule has 4 rings (SSSR count). The van der Waals surface area contributed by atoms with Crippen molar-refractivity contribution in [3.8, 4) is 0 Å². The maximum atomic E-state index is 12.3. The highest BCUT2D eigenvalue weighted by molar-refractivity contribution is 6.71. The number of carbonyl (C=O) groups excluding carboxylic acids is 2. The molecule has 0 unspecified atom stereocenters. The molecule has 4 bridgehead atoms. The second-order valence-corrected chi connectivity index (χ2v) is 9.32. The molecule has 2 saturated carbocycles. The highest BCUT2D eigenvalue weighted by Gasteiger charge is 3.12. The van der Waals surface area contributed by atoms with E-state index in [4.69, 9.17) is 81.2 Å². The molecule has 0 aromatic rings. The van der Waals surface area contributed by atoms with Crippen molar-refractivity contribution in [2.75, 3.05) is 14.2 Å². The van der Waals surface area contributed by atoms with Gasteiger partial charge in [-0.05, 0) is 6.08 Å². The first kappa shape index (κ1) is 18.5. The standard InChI is InChI=1S/C12H7Cl7O4/c1-22-5(20)9(16)7(14)3-4(13)8(15)10(17,6(21)23-2)11(7,18)12(8,9)19/h3H,1-2H3/t7-,8+,9+,10+,11+,12-/m1/s1. The van der Waals surface area contributed by atoms with Gasteiger partial charge in [0.2, 0.25) is 0 Å². The first-order valence-electron chi connectivity index (χ1n) is 6.03. The van der Waals surface area contributed by atoms with Crippen LogP contribution in [0.3, 0.4) is 0 Å². The van der Waals surface area contributed by atoms with Crippen LogP contribution < -0.4 is 0 Å². The molecular formula is C12H7Cl7O4. The van der Waals surface area contributed by atoms with Crippen LogP contribution >= 0.6 is 81.2 Å². The van der Waals surface area contributed by atoms with Crippen LogP contribution in [0, 0.1) is 0 Å². The van der Waals surface area contributed by atoms with Crippen molar-refractivity contribution in [3.05, 3.63) is 11.1 Å². The fourth-order valence-electron chi connectivity index (χ4n) is 3.94. The summed E-state index contributed by atoms with van der Waals surface area (Å²) < 4.78 is 9.37. The van der Waals surface area contributed by atoms with Gasteiger partial charge in [0.25, 0.3) is 0 Å². The molecule has 11 heteroatoms. The van der Waals surface area contributed by atoms with Crippen molar-refractivity contribution >= 4 is 93.1 Å². The van der Waals surface area contributed by atoms with Gasteiger partial charge >= 0.3 is 11.9 Å². The lowest BCUT2D eigenvalue weighted by molar-refractivity contribution is -0.175. The van der Waals surface area contributed by atoms with Crippen LogP contribution in [0.1, 0.15) is 0 Å². The molecule has 4 aliphatic carbocycles. The second-order valence-electron chi connectivity index (χ2n) is 5.48. The molecular weight excluding hydrogens is 456 g/mol. The second kappa shape index (κ2) is 4.51. The summed E-state index contributed by atoms with van der Waals surface area (Å²) in [7, 11) is 2.17. The Morgan fingerprint density at radius 3 is 1.74 bits per heavy atom. The van der Waals surface area contributed by atoms with Gasteiger partial charge in [-0.1, -0.05) is 11.6 Å². The number of hydrogen-bond acceptors (Lipinski definition) is 4. The van der Waals surface area contributed by atoms with E-state index in [2.05, 4.69) is 9.47 Å². The van der Waals surface area contributed by atoms with Crippen molar-refractivity contribution in [3.63, 3.8) is 0 Å². The van der Waals surface area contributed by atoms with E-state index in [0.717, 1.165) is 14.2 Å². The SMILES string of the molecule is COC(=O)[C@]1(Cl)[C@]2(Cl)C=C(Cl)[C@]3(Cl)[C@@](Cl)(C(=O)OC)[C@]2(Cl)[C@]13Cl. The van der Waals surface area contributed by atoms with Crippen LogP contribution in [0.25, 0.3) is 0 Å². The molecule has 6 atom stereocenters. The largest absolute Gasteiger partial charge is 0.468 e. The zero-order valence-electron chi connectivity index (χ0n) is 11.4. The fourth-order valence-corrected chi connectivity index (χ4v) is 8.82. The van der Waals surface area contributed by atoms with Gasteiger partial charge in [-0.15, -0.1) is 69.6 Å². The molecule has 0 saturated heterocycles. The summed E-state index contributed by atoms with van der Waals surface area (Å²) in [4.78, 5) is 12.5. The van der Waals surface area contributed by atoms with Gasteiger partial charge in [0, 0.05) is 5.03 Å². The van der Waals surface area contributed by atoms with Gasteiger partial charge in [0.15, 0.2) is 9.75 Å². The first-order chi connectivity index (χ1) is 10.3. The Kier molecular flexibility index (Phi) is 3.63. The van der Waals surface area contributed by atoms with E-state index in [0.29, 0.717) is 0 Å². The molecule has 4 nitrogen and oxygen atoms in total. The van der Waals surface area contributed by atoms with Gasteiger partial charge < -0.3 is 9.47 Å². The van der Waals surface area contributed by atoms with Crippen LogP contribution in [0.2, 0.25) is 0 Å². The lowest BCUT2D eigenvalue weighted by Gasteiger charge is -2.87. The number of carbonyl (C=O) groups is 2. The summed E-state index contributed by atoms with van der Waals surface area (Å²) in [6, 6.07) is 0. The van der Waals surface area contributed by atoms with Crippen molar-refractivity contribution in [2.45, 2.75) is 29.2 Å². The number of methoxy groups -OCH3 is 2. The van der Waals surface area contributed by atoms with E-state index in [1.54, 1.807) is 0 Å². The Bertz CT molecular complexity index is 699. The summed E-state index contributed by atoms with van der Waals surface area (Å²) in [5.41, 5.74) is 0. The van der Waals surface area contributed by atoms with Crippen molar-refractivity contribution in [1.29, 1.82) is 0 Å². The molecule has 0 spiro atoms. The van der Waals surface area contributed by atoms with Gasteiger partial charge in [0.1, 0.15) is 19.5 Å². The molecule has 0 heterocycles. The average Bonchev–Trinajstić information content (AvgIpc) is 2.53. The smallest absolute Gasteiger partial charge is 0.331 e. The summed E-state index contributed by atoms with van der Waals surface area (Å²) in [6.45, 7) is 0. The summed E-state index contributed by atoms with van der Waals surface area (Å²) in [5, 5.41) is -0.160. The number of hydrogen-bond donors (Lipinski definition) is 0. The van der Waals surface area contributed by atoms with Crippen LogP contribution in [-0.2, 0) is 19.1 Å². The number of ether oxygens (including phenoxy) is 2. The average molecular weight is 463 g/mol. The molecule has 2 fully saturated rings. The Morgan fingerprint density at radius 2 is 1.30 bits per heavy atom. The van der Waals surface area contributed by atoms with Crippen LogP contribution in [0.4, 0.5) is 0 Å². The zero-order valence-corrected chi connectivity index (χ0v) is 16.6. The number of alkyl halides is 6. The minimum Gasteiger partial charge on any atom is -0.468 e. The number of esters is 2. The predicted octanol–water partition coefficient (Wildman–Crippen LogP) is 3.36. The Labute approximate surface area is 166 Å². The van der Waals surface area contributed by atoms with E-state index in [1.165, 1.54) is 6.08 Å². The van der Waals surface area contributed by atoms with Crippen LogP contribution in [0.5, 0.6) is 0 Å². The number of allylic oxidation sites excluding steroid dienone is 2. The maximum absolute atomic E-state index is 12.3. The fraction of sp³-hybridized carbons (Fsp3) is 0.667. The molecule has 0 amide bonds. The third-order valence-electron chi connectivity index (χ3n) is 4.96. The first-order valence-corrected chi connectivity index (χ1v) is 8.68. The van der Waals surface area contributed by atoms with Crippen molar-refractivity contribution in [2.24, 2.45) is 0 Å². The topological polar surface area (TPSA) is 52.6 Å². The number of halogens is 7. The zero-order chi connectivity index (χ0) is 17.9. The van der Waals surface area contributed by atoms with Gasteiger partial charge in [-0.2, -0.15) is 0 Å². The molecule has 0 aromatic carbocycles. The highest BCUT2D eigenvalue weighted by atomic mass is 35.5. The number of rotatable bonds is 2. The van der Waals surface area contributed by atoms with Gasteiger partial charge in [-0.3, -0.25) is 9.59 Å². The van der Waals surface area contributed by atoms with E-state index < -0.39 is 41.2 Å². The quantitative estimate of drug-likeness (QED) is 0.466. The summed E-state index contributed by atoms with van der Waals surface area (Å²) in [5.74, 6) is -1.98. The van der Waals surface area contributed by atoms with Crippen molar-refractivity contribution < 1.29 is 19.1 Å². The van der Waals surface area contributed by atoms with E-state index in [1.807, 2.05) is 0 Å². The highest BCUT2D eigenvalue weighted by Crippen LogP contribution is 2.92. The predicted molar refractivity (Wildman–Crippen MR) is 89.5 cm³/mol.